The number of ether oxygens (including phenoxy) is 1. The fourth-order valence-electron chi connectivity index (χ4n) is 2.60. The molecule has 7 nitrogen and oxygen atoms in total. The molecule has 138 valence electrons. The van der Waals surface area contributed by atoms with Crippen LogP contribution in [0, 0.1) is 6.92 Å². The van der Waals surface area contributed by atoms with Gasteiger partial charge in [-0.2, -0.15) is 0 Å². The maximum atomic E-state index is 12.7. The number of esters is 1. The quantitative estimate of drug-likeness (QED) is 0.650. The molecule has 3 rings (SSSR count). The van der Waals surface area contributed by atoms with E-state index in [1.165, 1.54) is 6.07 Å². The molecule has 0 aliphatic carbocycles. The minimum atomic E-state index is -2.03. The lowest BCUT2D eigenvalue weighted by Gasteiger charge is -2.26. The highest BCUT2D eigenvalue weighted by Gasteiger charge is 2.41. The van der Waals surface area contributed by atoms with Crippen molar-refractivity contribution >= 4 is 17.7 Å². The fourth-order valence-corrected chi connectivity index (χ4v) is 2.60. The van der Waals surface area contributed by atoms with Crippen molar-refractivity contribution in [2.24, 2.45) is 0 Å². The van der Waals surface area contributed by atoms with Crippen LogP contribution in [-0.4, -0.2) is 28.7 Å². The van der Waals surface area contributed by atoms with Gasteiger partial charge in [0.15, 0.2) is 12.4 Å². The van der Waals surface area contributed by atoms with E-state index in [-0.39, 0.29) is 5.82 Å². The molecule has 0 saturated heterocycles. The highest BCUT2D eigenvalue weighted by Crippen LogP contribution is 2.31. The lowest BCUT2D eigenvalue weighted by molar-refractivity contribution is -0.163. The van der Waals surface area contributed by atoms with Crippen LogP contribution in [0.5, 0.6) is 0 Å². The molecule has 0 aliphatic heterocycles. The first-order valence-corrected chi connectivity index (χ1v) is 8.24. The summed E-state index contributed by atoms with van der Waals surface area (Å²) >= 11 is 0. The number of anilines is 1. The van der Waals surface area contributed by atoms with Crippen LogP contribution in [0.15, 0.2) is 71.3 Å². The SMILES string of the molecule is Cc1cc(NC(=O)COC(=O)C(O)(c2ccccc2)c2ccccc2)no1. The lowest BCUT2D eigenvalue weighted by atomic mass is 9.86. The minimum absolute atomic E-state index is 0.218. The van der Waals surface area contributed by atoms with Gasteiger partial charge in [0, 0.05) is 6.07 Å². The van der Waals surface area contributed by atoms with Gasteiger partial charge in [0.1, 0.15) is 5.76 Å². The predicted octanol–water partition coefficient (Wildman–Crippen LogP) is 2.40. The summed E-state index contributed by atoms with van der Waals surface area (Å²) in [6.07, 6.45) is 0. The Morgan fingerprint density at radius 1 is 1.07 bits per heavy atom. The summed E-state index contributed by atoms with van der Waals surface area (Å²) in [5.41, 5.74) is -1.35. The summed E-state index contributed by atoms with van der Waals surface area (Å²) in [6.45, 7) is 1.11. The number of carbonyl (C=O) groups is 2. The summed E-state index contributed by atoms with van der Waals surface area (Å²) < 4.78 is 9.95. The molecule has 0 radical (unpaired) electrons. The number of amides is 1. The van der Waals surface area contributed by atoms with Crippen LogP contribution in [0.4, 0.5) is 5.82 Å². The van der Waals surface area contributed by atoms with Crippen molar-refractivity contribution in [2.75, 3.05) is 11.9 Å². The lowest BCUT2D eigenvalue weighted by Crippen LogP contribution is -2.39. The molecule has 27 heavy (non-hydrogen) atoms. The molecule has 7 heteroatoms. The number of aryl methyl sites for hydroxylation is 1. The van der Waals surface area contributed by atoms with Gasteiger partial charge in [0.05, 0.1) is 0 Å². The summed E-state index contributed by atoms with van der Waals surface area (Å²) in [5.74, 6) is -0.800. The molecule has 3 aromatic rings. The van der Waals surface area contributed by atoms with Crippen LogP contribution in [0.3, 0.4) is 0 Å². The van der Waals surface area contributed by atoms with Crippen molar-refractivity contribution in [3.8, 4) is 0 Å². The predicted molar refractivity (Wildman–Crippen MR) is 96.7 cm³/mol. The van der Waals surface area contributed by atoms with Gasteiger partial charge in [-0.1, -0.05) is 65.8 Å². The third-order valence-electron chi connectivity index (χ3n) is 3.91. The van der Waals surface area contributed by atoms with E-state index in [0.29, 0.717) is 16.9 Å². The van der Waals surface area contributed by atoms with Crippen LogP contribution in [0.25, 0.3) is 0 Å². The van der Waals surface area contributed by atoms with E-state index in [4.69, 9.17) is 9.26 Å². The number of nitrogens with one attached hydrogen (secondary N) is 1. The van der Waals surface area contributed by atoms with Gasteiger partial charge in [-0.25, -0.2) is 4.79 Å². The Bertz CT molecular complexity index is 882. The highest BCUT2D eigenvalue weighted by molar-refractivity contribution is 5.93. The van der Waals surface area contributed by atoms with Gasteiger partial charge < -0.3 is 19.7 Å². The van der Waals surface area contributed by atoms with Crippen molar-refractivity contribution in [3.63, 3.8) is 0 Å². The van der Waals surface area contributed by atoms with Crippen molar-refractivity contribution < 1.29 is 24.0 Å². The molecule has 0 fully saturated rings. The minimum Gasteiger partial charge on any atom is -0.453 e. The molecule has 1 amide bonds. The van der Waals surface area contributed by atoms with Crippen molar-refractivity contribution in [1.82, 2.24) is 5.16 Å². The van der Waals surface area contributed by atoms with E-state index in [2.05, 4.69) is 10.5 Å². The second kappa shape index (κ2) is 7.84. The average Bonchev–Trinajstić information content (AvgIpc) is 3.11. The molecule has 1 heterocycles. The third kappa shape index (κ3) is 4.04. The second-order valence-corrected chi connectivity index (χ2v) is 5.89. The van der Waals surface area contributed by atoms with E-state index >= 15 is 0 Å². The number of nitrogens with zero attached hydrogens (tertiary/aromatic N) is 1. The fraction of sp³-hybridized carbons (Fsp3) is 0.150. The molecule has 2 aromatic carbocycles. The normalized spacial score (nSPS) is 11.0. The Kier molecular flexibility index (Phi) is 5.33. The summed E-state index contributed by atoms with van der Waals surface area (Å²) in [6, 6.07) is 18.4. The number of benzene rings is 2. The summed E-state index contributed by atoms with van der Waals surface area (Å²) in [7, 11) is 0. The zero-order valence-electron chi connectivity index (χ0n) is 14.6. The van der Waals surface area contributed by atoms with Crippen molar-refractivity contribution in [1.29, 1.82) is 0 Å². The zero-order chi connectivity index (χ0) is 19.3. The molecular formula is C20H18N2O5. The van der Waals surface area contributed by atoms with E-state index in [1.807, 2.05) is 0 Å². The number of rotatable bonds is 6. The molecule has 0 spiro atoms. The van der Waals surface area contributed by atoms with Crippen LogP contribution in [0.2, 0.25) is 0 Å². The third-order valence-corrected chi connectivity index (χ3v) is 3.91. The maximum absolute atomic E-state index is 12.7. The first kappa shape index (κ1) is 18.3. The van der Waals surface area contributed by atoms with Crippen LogP contribution < -0.4 is 5.32 Å². The van der Waals surface area contributed by atoms with Gasteiger partial charge >= 0.3 is 5.97 Å². The summed E-state index contributed by atoms with van der Waals surface area (Å²) in [5, 5.41) is 17.3. The van der Waals surface area contributed by atoms with E-state index in [9.17, 15) is 14.7 Å². The Balaban J connectivity index is 1.77. The van der Waals surface area contributed by atoms with Crippen molar-refractivity contribution in [2.45, 2.75) is 12.5 Å². The highest BCUT2D eigenvalue weighted by atomic mass is 16.6. The smallest absolute Gasteiger partial charge is 0.348 e. The van der Waals surface area contributed by atoms with E-state index in [0.717, 1.165) is 0 Å². The first-order chi connectivity index (χ1) is 13.0. The molecule has 0 aliphatic rings. The van der Waals surface area contributed by atoms with Gasteiger partial charge in [-0.3, -0.25) is 4.79 Å². The van der Waals surface area contributed by atoms with Gasteiger partial charge in [0.2, 0.25) is 5.60 Å². The van der Waals surface area contributed by atoms with Gasteiger partial charge in [-0.05, 0) is 18.1 Å². The van der Waals surface area contributed by atoms with Gasteiger partial charge in [-0.15, -0.1) is 0 Å². The van der Waals surface area contributed by atoms with Gasteiger partial charge in [0.25, 0.3) is 5.91 Å². The Hall–Kier alpha value is -3.45. The molecular weight excluding hydrogens is 348 g/mol. The van der Waals surface area contributed by atoms with Crippen LogP contribution in [0.1, 0.15) is 16.9 Å². The van der Waals surface area contributed by atoms with Crippen LogP contribution >= 0.6 is 0 Å². The molecule has 0 unspecified atom stereocenters. The molecule has 0 bridgehead atoms. The maximum Gasteiger partial charge on any atom is 0.348 e. The largest absolute Gasteiger partial charge is 0.453 e. The summed E-state index contributed by atoms with van der Waals surface area (Å²) in [4.78, 5) is 24.7. The Labute approximate surface area is 155 Å². The van der Waals surface area contributed by atoms with Crippen molar-refractivity contribution in [3.05, 3.63) is 83.6 Å². The number of carbonyl (C=O) groups excluding carboxylic acids is 2. The number of hydrogen-bond donors (Lipinski definition) is 2. The molecule has 2 N–H and O–H groups in total. The van der Waals surface area contributed by atoms with E-state index < -0.39 is 24.1 Å². The average molecular weight is 366 g/mol. The van der Waals surface area contributed by atoms with Crippen LogP contribution in [-0.2, 0) is 19.9 Å². The molecule has 1 aromatic heterocycles. The number of aromatic nitrogens is 1. The molecule has 0 saturated carbocycles. The topological polar surface area (TPSA) is 102 Å². The second-order valence-electron chi connectivity index (χ2n) is 5.89. The Morgan fingerprint density at radius 2 is 1.63 bits per heavy atom. The first-order valence-electron chi connectivity index (χ1n) is 8.24. The number of aliphatic hydroxyl groups is 1. The monoisotopic (exact) mass is 366 g/mol. The Morgan fingerprint density at radius 3 is 2.11 bits per heavy atom. The molecule has 0 atom stereocenters. The standard InChI is InChI=1S/C20H18N2O5/c1-14-12-17(22-27-14)21-18(23)13-26-19(24)20(25,15-8-4-2-5-9-15)16-10-6-3-7-11-16/h2-12,25H,13H2,1H3,(H,21,22,23). The zero-order valence-corrected chi connectivity index (χ0v) is 14.6. The van der Waals surface area contributed by atoms with E-state index in [1.54, 1.807) is 67.6 Å². The number of hydrogen-bond acceptors (Lipinski definition) is 6.